The second kappa shape index (κ2) is 4.78. The predicted molar refractivity (Wildman–Crippen MR) is 61.8 cm³/mol. The van der Waals surface area contributed by atoms with Crippen LogP contribution in [0.25, 0.3) is 11.0 Å². The van der Waals surface area contributed by atoms with Crippen molar-refractivity contribution in [2.75, 3.05) is 7.11 Å². The molecule has 88 valence electrons. The number of hydrogen-bond donors (Lipinski definition) is 0. The van der Waals surface area contributed by atoms with Gasteiger partial charge in [0, 0.05) is 29.9 Å². The van der Waals surface area contributed by atoms with Gasteiger partial charge in [0.2, 0.25) is 0 Å². The number of rotatable bonds is 4. The van der Waals surface area contributed by atoms with Gasteiger partial charge in [0.05, 0.1) is 13.5 Å². The zero-order valence-electron chi connectivity index (χ0n) is 9.42. The summed E-state index contributed by atoms with van der Waals surface area (Å²) in [6.45, 7) is 0.452. The highest BCUT2D eigenvalue weighted by atomic mass is 16.5. The van der Waals surface area contributed by atoms with Gasteiger partial charge in [-0.25, -0.2) is 4.98 Å². The summed E-state index contributed by atoms with van der Waals surface area (Å²) in [5.41, 5.74) is 1.29. The van der Waals surface area contributed by atoms with Crippen LogP contribution in [0.2, 0.25) is 0 Å². The number of aromatic nitrogens is 2. The van der Waals surface area contributed by atoms with Crippen molar-refractivity contribution in [2.24, 2.45) is 0 Å². The molecule has 0 bridgehead atoms. The highest BCUT2D eigenvalue weighted by Gasteiger charge is 2.09. The predicted octanol–water partition coefficient (Wildman–Crippen LogP) is 1.41. The number of pyridine rings is 1. The summed E-state index contributed by atoms with van der Waals surface area (Å²) in [6.07, 6.45) is 4.41. The van der Waals surface area contributed by atoms with E-state index in [0.717, 1.165) is 11.7 Å². The average molecular weight is 232 g/mol. The van der Waals surface area contributed by atoms with Gasteiger partial charge in [0.15, 0.2) is 6.29 Å². The molecule has 0 aromatic carbocycles. The fraction of sp³-hybridized carbons (Fsp3) is 0.250. The van der Waals surface area contributed by atoms with E-state index in [2.05, 4.69) is 9.72 Å². The van der Waals surface area contributed by atoms with Gasteiger partial charge in [0.1, 0.15) is 5.65 Å². The van der Waals surface area contributed by atoms with E-state index < -0.39 is 0 Å². The second-order valence-electron chi connectivity index (χ2n) is 3.60. The van der Waals surface area contributed by atoms with Gasteiger partial charge in [-0.2, -0.15) is 0 Å². The standard InChI is InChI=1S/C12H12N2O3/c1-17-11(16)4-6-14-7-9(8-15)10-3-2-5-13-12(10)14/h2-3,5,7-8H,4,6H2,1H3. The fourth-order valence-corrected chi connectivity index (χ4v) is 1.73. The summed E-state index contributed by atoms with van der Waals surface area (Å²) in [7, 11) is 1.35. The van der Waals surface area contributed by atoms with Crippen LogP contribution in [-0.2, 0) is 16.1 Å². The van der Waals surface area contributed by atoms with Crippen LogP contribution < -0.4 is 0 Å². The normalized spacial score (nSPS) is 10.4. The van der Waals surface area contributed by atoms with Crippen LogP contribution in [0.15, 0.2) is 24.5 Å². The topological polar surface area (TPSA) is 61.2 Å². The average Bonchev–Trinajstić information content (AvgIpc) is 2.74. The molecule has 2 heterocycles. The summed E-state index contributed by atoms with van der Waals surface area (Å²) in [6, 6.07) is 3.61. The molecule has 0 saturated heterocycles. The lowest BCUT2D eigenvalue weighted by Gasteiger charge is -2.02. The molecule has 0 N–H and O–H groups in total. The maximum atomic E-state index is 11.1. The lowest BCUT2D eigenvalue weighted by Crippen LogP contribution is -2.06. The minimum atomic E-state index is -0.282. The van der Waals surface area contributed by atoms with Crippen LogP contribution in [0.3, 0.4) is 0 Å². The van der Waals surface area contributed by atoms with Crippen LogP contribution in [0.5, 0.6) is 0 Å². The Bertz CT molecular complexity index is 560. The molecular formula is C12H12N2O3. The van der Waals surface area contributed by atoms with E-state index in [1.54, 1.807) is 23.0 Å². The summed E-state index contributed by atoms with van der Waals surface area (Å²) in [5.74, 6) is -0.282. The van der Waals surface area contributed by atoms with Crippen LogP contribution in [-0.4, -0.2) is 28.9 Å². The van der Waals surface area contributed by atoms with Crippen LogP contribution >= 0.6 is 0 Å². The molecule has 0 atom stereocenters. The van der Waals surface area contributed by atoms with Gasteiger partial charge in [-0.05, 0) is 12.1 Å². The number of ether oxygens (including phenoxy) is 1. The Hall–Kier alpha value is -2.17. The SMILES string of the molecule is COC(=O)CCn1cc(C=O)c2cccnc21. The summed E-state index contributed by atoms with van der Waals surface area (Å²) < 4.78 is 6.36. The smallest absolute Gasteiger partial charge is 0.307 e. The number of hydrogen-bond acceptors (Lipinski definition) is 4. The van der Waals surface area contributed by atoms with E-state index in [4.69, 9.17) is 0 Å². The molecule has 17 heavy (non-hydrogen) atoms. The van der Waals surface area contributed by atoms with E-state index in [1.807, 2.05) is 6.07 Å². The number of esters is 1. The minimum Gasteiger partial charge on any atom is -0.469 e. The van der Waals surface area contributed by atoms with Gasteiger partial charge in [-0.15, -0.1) is 0 Å². The first-order chi connectivity index (χ1) is 8.26. The molecule has 0 aliphatic carbocycles. The van der Waals surface area contributed by atoms with Crippen molar-refractivity contribution in [3.8, 4) is 0 Å². The summed E-state index contributed by atoms with van der Waals surface area (Å²) in [4.78, 5) is 26.2. The molecule has 5 heteroatoms. The highest BCUT2D eigenvalue weighted by Crippen LogP contribution is 2.17. The summed E-state index contributed by atoms with van der Waals surface area (Å²) >= 11 is 0. The molecule has 0 unspecified atom stereocenters. The van der Waals surface area contributed by atoms with E-state index >= 15 is 0 Å². The van der Waals surface area contributed by atoms with Crippen LogP contribution in [0.4, 0.5) is 0 Å². The Morgan fingerprint density at radius 1 is 1.59 bits per heavy atom. The van der Waals surface area contributed by atoms with E-state index in [9.17, 15) is 9.59 Å². The van der Waals surface area contributed by atoms with Crippen molar-refractivity contribution >= 4 is 23.3 Å². The molecule has 5 nitrogen and oxygen atoms in total. The number of carbonyl (C=O) groups is 2. The second-order valence-corrected chi connectivity index (χ2v) is 3.60. The lowest BCUT2D eigenvalue weighted by atomic mass is 10.2. The van der Waals surface area contributed by atoms with Crippen molar-refractivity contribution in [2.45, 2.75) is 13.0 Å². The maximum Gasteiger partial charge on any atom is 0.307 e. The van der Waals surface area contributed by atoms with E-state index in [0.29, 0.717) is 17.8 Å². The first-order valence-corrected chi connectivity index (χ1v) is 5.22. The van der Waals surface area contributed by atoms with Crippen molar-refractivity contribution in [3.05, 3.63) is 30.1 Å². The Labute approximate surface area is 98.0 Å². The molecule has 0 aliphatic heterocycles. The Kier molecular flexibility index (Phi) is 3.18. The zero-order valence-corrected chi connectivity index (χ0v) is 9.42. The van der Waals surface area contributed by atoms with Crippen molar-refractivity contribution < 1.29 is 14.3 Å². The molecule has 2 aromatic rings. The quantitative estimate of drug-likeness (QED) is 0.590. The third-order valence-corrected chi connectivity index (χ3v) is 2.58. The Morgan fingerprint density at radius 3 is 3.12 bits per heavy atom. The first-order valence-electron chi connectivity index (χ1n) is 5.22. The molecule has 0 radical (unpaired) electrons. The van der Waals surface area contributed by atoms with Gasteiger partial charge >= 0.3 is 5.97 Å². The maximum absolute atomic E-state index is 11.1. The Balaban J connectivity index is 2.34. The molecule has 2 aromatic heterocycles. The van der Waals surface area contributed by atoms with Gasteiger partial charge in [-0.1, -0.05) is 0 Å². The summed E-state index contributed by atoms with van der Waals surface area (Å²) in [5, 5.41) is 0.798. The van der Waals surface area contributed by atoms with Gasteiger partial charge < -0.3 is 9.30 Å². The fourth-order valence-electron chi connectivity index (χ4n) is 1.73. The number of methoxy groups -OCH3 is 1. The van der Waals surface area contributed by atoms with Crippen LogP contribution in [0.1, 0.15) is 16.8 Å². The molecule has 0 spiro atoms. The molecule has 0 aliphatic rings. The number of aldehydes is 1. The van der Waals surface area contributed by atoms with E-state index in [1.165, 1.54) is 7.11 Å². The molecule has 0 amide bonds. The minimum absolute atomic E-state index is 0.259. The van der Waals surface area contributed by atoms with Crippen molar-refractivity contribution in [1.29, 1.82) is 0 Å². The molecular weight excluding hydrogens is 220 g/mol. The molecule has 2 rings (SSSR count). The van der Waals surface area contributed by atoms with Gasteiger partial charge in [-0.3, -0.25) is 9.59 Å². The highest BCUT2D eigenvalue weighted by molar-refractivity contribution is 5.95. The van der Waals surface area contributed by atoms with Crippen molar-refractivity contribution in [3.63, 3.8) is 0 Å². The first kappa shape index (κ1) is 11.3. The van der Waals surface area contributed by atoms with Crippen molar-refractivity contribution in [1.82, 2.24) is 9.55 Å². The van der Waals surface area contributed by atoms with Crippen LogP contribution in [0, 0.1) is 0 Å². The van der Waals surface area contributed by atoms with Gasteiger partial charge in [0.25, 0.3) is 0 Å². The largest absolute Gasteiger partial charge is 0.469 e. The van der Waals surface area contributed by atoms with E-state index in [-0.39, 0.29) is 12.4 Å². The number of carbonyl (C=O) groups excluding carboxylic acids is 2. The number of aryl methyl sites for hydroxylation is 1. The Morgan fingerprint density at radius 2 is 2.41 bits per heavy atom. The lowest BCUT2D eigenvalue weighted by molar-refractivity contribution is -0.140. The molecule has 0 saturated carbocycles. The number of nitrogens with zero attached hydrogens (tertiary/aromatic N) is 2. The zero-order chi connectivity index (χ0) is 12.3. The number of fused-ring (bicyclic) bond motifs is 1. The monoisotopic (exact) mass is 232 g/mol. The third-order valence-electron chi connectivity index (χ3n) is 2.58. The third kappa shape index (κ3) is 2.18. The molecule has 0 fully saturated rings.